The zero-order chi connectivity index (χ0) is 17.6. The topological polar surface area (TPSA) is 114 Å². The molecule has 8 nitrogen and oxygen atoms in total. The molecule has 10 heteroatoms. The van der Waals surface area contributed by atoms with Crippen molar-refractivity contribution < 1.29 is 9.72 Å². The van der Waals surface area contributed by atoms with E-state index < -0.39 is 4.92 Å². The van der Waals surface area contributed by atoms with Crippen molar-refractivity contribution in [1.29, 1.82) is 0 Å². The third kappa shape index (κ3) is 4.12. The van der Waals surface area contributed by atoms with Crippen LogP contribution < -0.4 is 11.1 Å². The maximum Gasteiger partial charge on any atom is 0.287 e. The van der Waals surface area contributed by atoms with Gasteiger partial charge < -0.3 is 16.0 Å². The molecule has 2 aliphatic carbocycles. The second kappa shape index (κ2) is 8.58. The van der Waals surface area contributed by atoms with Gasteiger partial charge in [-0.1, -0.05) is 0 Å². The summed E-state index contributed by atoms with van der Waals surface area (Å²) in [7, 11) is 0. The van der Waals surface area contributed by atoms with Crippen LogP contribution in [0.15, 0.2) is 18.3 Å². The van der Waals surface area contributed by atoms with Crippen molar-refractivity contribution in [2.24, 2.45) is 23.5 Å². The van der Waals surface area contributed by atoms with Gasteiger partial charge in [0, 0.05) is 31.2 Å². The maximum absolute atomic E-state index is 12.9. The molecule has 1 aromatic heterocycles. The largest absolute Gasteiger partial charge is 0.365 e. The molecule has 1 amide bonds. The Labute approximate surface area is 170 Å². The lowest BCUT2D eigenvalue weighted by Gasteiger charge is -2.30. The van der Waals surface area contributed by atoms with Gasteiger partial charge in [-0.15, -0.1) is 24.8 Å². The number of rotatable bonds is 4. The summed E-state index contributed by atoms with van der Waals surface area (Å²) >= 11 is 0. The maximum atomic E-state index is 12.9. The Bertz CT molecular complexity index is 688. The molecular weight excluding hydrogens is 393 g/mol. The summed E-state index contributed by atoms with van der Waals surface area (Å²) in [6.45, 7) is 1.36. The molecule has 5 atom stereocenters. The molecule has 0 spiro atoms. The molecule has 5 unspecified atom stereocenters. The van der Waals surface area contributed by atoms with E-state index in [1.807, 2.05) is 4.90 Å². The van der Waals surface area contributed by atoms with Crippen LogP contribution in [0.25, 0.3) is 0 Å². The van der Waals surface area contributed by atoms with Crippen molar-refractivity contribution >= 4 is 42.2 Å². The highest BCUT2D eigenvalue weighted by molar-refractivity contribution is 5.85. The number of pyridine rings is 1. The summed E-state index contributed by atoms with van der Waals surface area (Å²) in [5, 5.41) is 13.9. The Kier molecular flexibility index (Phi) is 6.88. The summed E-state index contributed by atoms with van der Waals surface area (Å²) in [4.78, 5) is 29.1. The summed E-state index contributed by atoms with van der Waals surface area (Å²) in [5.74, 6) is 1.80. The molecule has 1 saturated heterocycles. The van der Waals surface area contributed by atoms with Gasteiger partial charge in [0.1, 0.15) is 12.0 Å². The van der Waals surface area contributed by atoms with Crippen molar-refractivity contribution in [3.05, 3.63) is 28.4 Å². The number of hydrogen-bond donors (Lipinski definition) is 2. The van der Waals surface area contributed by atoms with Gasteiger partial charge in [-0.25, -0.2) is 4.98 Å². The van der Waals surface area contributed by atoms with Crippen LogP contribution in [-0.4, -0.2) is 45.9 Å². The first kappa shape index (κ1) is 21.7. The zero-order valence-corrected chi connectivity index (χ0v) is 16.5. The number of anilines is 1. The predicted molar refractivity (Wildman–Crippen MR) is 106 cm³/mol. The Morgan fingerprint density at radius 2 is 2.00 bits per heavy atom. The van der Waals surface area contributed by atoms with Crippen LogP contribution >= 0.6 is 24.8 Å². The fourth-order valence-electron chi connectivity index (χ4n) is 4.78. The predicted octanol–water partition coefficient (Wildman–Crippen LogP) is 2.22. The fourth-order valence-corrected chi connectivity index (χ4v) is 4.78. The second-order valence-corrected chi connectivity index (χ2v) is 7.51. The van der Waals surface area contributed by atoms with Gasteiger partial charge in [0.05, 0.1) is 10.8 Å². The van der Waals surface area contributed by atoms with Crippen molar-refractivity contribution in [3.8, 4) is 0 Å². The first-order valence-electron chi connectivity index (χ1n) is 8.94. The second-order valence-electron chi connectivity index (χ2n) is 7.51. The third-order valence-electron chi connectivity index (χ3n) is 6.08. The van der Waals surface area contributed by atoms with Gasteiger partial charge >= 0.3 is 0 Å². The average Bonchev–Trinajstić information content (AvgIpc) is 3.31. The van der Waals surface area contributed by atoms with Gasteiger partial charge in [0.25, 0.3) is 5.69 Å². The molecule has 0 aromatic carbocycles. The van der Waals surface area contributed by atoms with Gasteiger partial charge in [-0.2, -0.15) is 0 Å². The number of aromatic nitrogens is 1. The highest BCUT2D eigenvalue weighted by atomic mass is 35.5. The van der Waals surface area contributed by atoms with E-state index in [0.717, 1.165) is 25.8 Å². The number of carbonyl (C=O) groups is 1. The Morgan fingerprint density at radius 1 is 1.26 bits per heavy atom. The quantitative estimate of drug-likeness (QED) is 0.573. The van der Waals surface area contributed by atoms with E-state index in [9.17, 15) is 14.9 Å². The molecule has 3 aliphatic rings. The van der Waals surface area contributed by atoms with Crippen LogP contribution in [0.3, 0.4) is 0 Å². The molecule has 27 heavy (non-hydrogen) atoms. The van der Waals surface area contributed by atoms with Crippen LogP contribution in [0.1, 0.15) is 25.7 Å². The molecule has 150 valence electrons. The lowest BCUT2D eigenvalue weighted by atomic mass is 9.84. The number of fused-ring (bicyclic) bond motifs is 2. The molecule has 3 N–H and O–H groups in total. The summed E-state index contributed by atoms with van der Waals surface area (Å²) < 4.78 is 0. The van der Waals surface area contributed by atoms with Crippen molar-refractivity contribution in [3.63, 3.8) is 0 Å². The molecule has 2 bridgehead atoms. The number of nitrogens with one attached hydrogen (secondary N) is 1. The third-order valence-corrected chi connectivity index (χ3v) is 6.08. The lowest BCUT2D eigenvalue weighted by Crippen LogP contribution is -2.46. The smallest absolute Gasteiger partial charge is 0.287 e. The van der Waals surface area contributed by atoms with Gasteiger partial charge in [-0.05, 0) is 43.6 Å². The highest BCUT2D eigenvalue weighted by Crippen LogP contribution is 2.48. The number of hydrogen-bond acceptors (Lipinski definition) is 6. The van der Waals surface area contributed by atoms with Crippen LogP contribution in [-0.2, 0) is 4.79 Å². The minimum atomic E-state index is -0.467. The molecule has 2 heterocycles. The number of nitrogens with two attached hydrogens (primary N) is 1. The van der Waals surface area contributed by atoms with Gasteiger partial charge in [-0.3, -0.25) is 14.9 Å². The molecule has 4 rings (SSSR count). The number of nitrogens with zero attached hydrogens (tertiary/aromatic N) is 3. The Morgan fingerprint density at radius 3 is 2.59 bits per heavy atom. The van der Waals surface area contributed by atoms with Crippen LogP contribution in [0.2, 0.25) is 0 Å². The van der Waals surface area contributed by atoms with E-state index >= 15 is 0 Å². The van der Waals surface area contributed by atoms with E-state index in [1.54, 1.807) is 6.07 Å². The van der Waals surface area contributed by atoms with E-state index in [0.29, 0.717) is 24.2 Å². The number of carbonyl (C=O) groups excluding carboxylic acids is 1. The van der Waals surface area contributed by atoms with Crippen molar-refractivity contribution in [1.82, 2.24) is 9.88 Å². The number of halogens is 2. The Hall–Kier alpha value is -1.64. The summed E-state index contributed by atoms with van der Waals surface area (Å²) in [6, 6.07) is 3.18. The molecule has 2 saturated carbocycles. The fraction of sp³-hybridized carbons (Fsp3) is 0.647. The van der Waals surface area contributed by atoms with E-state index in [4.69, 9.17) is 5.73 Å². The van der Waals surface area contributed by atoms with Crippen LogP contribution in [0, 0.1) is 27.9 Å². The average molecular weight is 418 g/mol. The highest BCUT2D eigenvalue weighted by Gasteiger charge is 2.50. The van der Waals surface area contributed by atoms with Crippen LogP contribution in [0.4, 0.5) is 11.5 Å². The monoisotopic (exact) mass is 417 g/mol. The molecule has 1 aromatic rings. The zero-order valence-electron chi connectivity index (χ0n) is 14.8. The number of amides is 1. The van der Waals surface area contributed by atoms with Crippen molar-refractivity contribution in [2.75, 3.05) is 18.4 Å². The molecular formula is C17H25Cl2N5O3. The Balaban J connectivity index is 0.00000131. The van der Waals surface area contributed by atoms with E-state index in [-0.39, 0.29) is 54.4 Å². The number of likely N-dealkylation sites (tertiary alicyclic amines) is 1. The van der Waals surface area contributed by atoms with E-state index in [1.165, 1.54) is 18.7 Å². The molecule has 1 aliphatic heterocycles. The first-order valence-corrected chi connectivity index (χ1v) is 8.94. The standard InChI is InChI=1S/C17H23N5O3.2ClH/c18-16-11-2-1-10(7-11)15(16)17(23)21-6-5-12(9-21)20-14-4-3-13(8-19-14)22(24)25;;/h3-4,8,10-12,15-16H,1-2,5-7,9,18H2,(H,19,20);2*1H. The molecule has 3 fully saturated rings. The normalized spacial score (nSPS) is 31.1. The minimum Gasteiger partial charge on any atom is -0.365 e. The minimum absolute atomic E-state index is 0. The summed E-state index contributed by atoms with van der Waals surface area (Å²) in [5.41, 5.74) is 6.27. The van der Waals surface area contributed by atoms with Gasteiger partial charge in [0.15, 0.2) is 0 Å². The SMILES string of the molecule is Cl.Cl.NC1C2CCC(C2)C1C(=O)N1CCC(Nc2ccc([N+](=O)[O-])cn2)C1. The molecule has 0 radical (unpaired) electrons. The van der Waals surface area contributed by atoms with E-state index in [2.05, 4.69) is 10.3 Å². The first-order chi connectivity index (χ1) is 12.0. The lowest BCUT2D eigenvalue weighted by molar-refractivity contribution is -0.385. The summed E-state index contributed by atoms with van der Waals surface area (Å²) in [6.07, 6.45) is 5.51. The van der Waals surface area contributed by atoms with Crippen molar-refractivity contribution in [2.45, 2.75) is 37.8 Å². The van der Waals surface area contributed by atoms with Crippen LogP contribution in [0.5, 0.6) is 0 Å². The number of nitro groups is 1. The van der Waals surface area contributed by atoms with Gasteiger partial charge in [0.2, 0.25) is 5.91 Å².